The lowest BCUT2D eigenvalue weighted by Gasteiger charge is -2.19. The van der Waals surface area contributed by atoms with Gasteiger partial charge in [-0.25, -0.2) is 0 Å². The molecule has 4 heteroatoms. The molecule has 2 rings (SSSR count). The third kappa shape index (κ3) is 3.01. The van der Waals surface area contributed by atoms with Gasteiger partial charge < -0.3 is 0 Å². The molecule has 0 aliphatic heterocycles. The number of hydrogen-bond acceptors (Lipinski definition) is 3. The van der Waals surface area contributed by atoms with E-state index in [1.807, 2.05) is 17.5 Å². The molecule has 1 atom stereocenters. The molecule has 1 unspecified atom stereocenters. The van der Waals surface area contributed by atoms with E-state index in [2.05, 4.69) is 0 Å². The van der Waals surface area contributed by atoms with E-state index in [0.29, 0.717) is 0 Å². The molecule has 1 saturated carbocycles. The van der Waals surface area contributed by atoms with Crippen LogP contribution >= 0.6 is 11.3 Å². The van der Waals surface area contributed by atoms with Crippen LogP contribution in [0.4, 0.5) is 0 Å². The van der Waals surface area contributed by atoms with Gasteiger partial charge in [0.15, 0.2) is 0 Å². The summed E-state index contributed by atoms with van der Waals surface area (Å²) in [7, 11) is -1.12. The summed E-state index contributed by atoms with van der Waals surface area (Å²) in [6.45, 7) is 0. The molecule has 0 N–H and O–H groups in total. The van der Waals surface area contributed by atoms with E-state index in [4.69, 9.17) is 0 Å². The van der Waals surface area contributed by atoms with Gasteiger partial charge in [-0.05, 0) is 24.3 Å². The first-order valence-corrected chi connectivity index (χ1v) is 7.92. The normalized spacial score (nSPS) is 19.5. The first kappa shape index (κ1) is 12.0. The highest BCUT2D eigenvalue weighted by Gasteiger charge is 2.23. The fourth-order valence-corrected chi connectivity index (χ4v) is 4.22. The SMILES string of the molecule is O=C(CS(=O)c1cccs1)C1CCCCC1. The van der Waals surface area contributed by atoms with Crippen molar-refractivity contribution < 1.29 is 9.00 Å². The van der Waals surface area contributed by atoms with Gasteiger partial charge in [0.1, 0.15) is 5.78 Å². The third-order valence-corrected chi connectivity index (χ3v) is 5.69. The van der Waals surface area contributed by atoms with Crippen LogP contribution in [0.2, 0.25) is 0 Å². The van der Waals surface area contributed by atoms with Crippen LogP contribution in [0.3, 0.4) is 0 Å². The predicted octanol–water partition coefficient (Wildman–Crippen LogP) is 3.01. The lowest BCUT2D eigenvalue weighted by Crippen LogP contribution is -2.22. The summed E-state index contributed by atoms with van der Waals surface area (Å²) in [6.07, 6.45) is 5.56. The fourth-order valence-electron chi connectivity index (χ4n) is 2.14. The summed E-state index contributed by atoms with van der Waals surface area (Å²) >= 11 is 1.47. The second-order valence-corrected chi connectivity index (χ2v) is 6.85. The van der Waals surface area contributed by atoms with Crippen LogP contribution in [0, 0.1) is 5.92 Å². The van der Waals surface area contributed by atoms with Crippen molar-refractivity contribution in [2.75, 3.05) is 5.75 Å². The van der Waals surface area contributed by atoms with Gasteiger partial charge in [-0.15, -0.1) is 11.3 Å². The Balaban J connectivity index is 1.89. The maximum atomic E-state index is 11.9. The number of carbonyl (C=O) groups excluding carboxylic acids is 1. The quantitative estimate of drug-likeness (QED) is 0.830. The molecule has 1 aromatic heterocycles. The van der Waals surface area contributed by atoms with Gasteiger partial charge in [0.05, 0.1) is 20.8 Å². The van der Waals surface area contributed by atoms with E-state index in [1.54, 1.807) is 0 Å². The van der Waals surface area contributed by atoms with Crippen molar-refractivity contribution in [3.63, 3.8) is 0 Å². The Kier molecular flexibility index (Phi) is 4.29. The van der Waals surface area contributed by atoms with Crippen molar-refractivity contribution >= 4 is 27.9 Å². The first-order valence-electron chi connectivity index (χ1n) is 5.72. The highest BCUT2D eigenvalue weighted by molar-refractivity contribution is 7.88. The van der Waals surface area contributed by atoms with E-state index in [0.717, 1.165) is 29.9 Å². The smallest absolute Gasteiger partial charge is 0.148 e. The molecule has 1 aliphatic rings. The summed E-state index contributed by atoms with van der Waals surface area (Å²) in [6, 6.07) is 3.72. The Bertz CT molecular complexity index is 364. The Labute approximate surface area is 103 Å². The van der Waals surface area contributed by atoms with Gasteiger partial charge in [0.25, 0.3) is 0 Å². The summed E-state index contributed by atoms with van der Waals surface area (Å²) in [5.41, 5.74) is 0. The van der Waals surface area contributed by atoms with E-state index >= 15 is 0 Å². The molecule has 1 aliphatic carbocycles. The minimum absolute atomic E-state index is 0.178. The molecule has 88 valence electrons. The molecule has 0 radical (unpaired) electrons. The van der Waals surface area contributed by atoms with Crippen LogP contribution in [0.1, 0.15) is 32.1 Å². The van der Waals surface area contributed by atoms with Crippen molar-refractivity contribution in [1.82, 2.24) is 0 Å². The second-order valence-electron chi connectivity index (χ2n) is 4.22. The Morgan fingerprint density at radius 2 is 2.12 bits per heavy atom. The van der Waals surface area contributed by atoms with Crippen LogP contribution in [-0.2, 0) is 15.6 Å². The monoisotopic (exact) mass is 256 g/mol. The first-order chi connectivity index (χ1) is 7.77. The molecule has 0 amide bonds. The van der Waals surface area contributed by atoms with Crippen LogP contribution in [0.25, 0.3) is 0 Å². The number of hydrogen-bond donors (Lipinski definition) is 0. The molecule has 1 aromatic rings. The molecule has 0 spiro atoms. The van der Waals surface area contributed by atoms with Crippen molar-refractivity contribution in [3.05, 3.63) is 17.5 Å². The number of Topliss-reactive ketones (excluding diaryl/α,β-unsaturated/α-hetero) is 1. The van der Waals surface area contributed by atoms with Crippen molar-refractivity contribution in [3.8, 4) is 0 Å². The average molecular weight is 256 g/mol. The second kappa shape index (κ2) is 5.73. The largest absolute Gasteiger partial charge is 0.298 e. The Morgan fingerprint density at radius 3 is 2.75 bits per heavy atom. The number of rotatable bonds is 4. The highest BCUT2D eigenvalue weighted by atomic mass is 32.2. The van der Waals surface area contributed by atoms with Gasteiger partial charge in [-0.1, -0.05) is 25.3 Å². The molecule has 16 heavy (non-hydrogen) atoms. The van der Waals surface area contributed by atoms with Gasteiger partial charge in [0.2, 0.25) is 0 Å². The maximum Gasteiger partial charge on any atom is 0.148 e. The standard InChI is InChI=1S/C12H16O2S2/c13-11(10-5-2-1-3-6-10)9-16(14)12-7-4-8-15-12/h4,7-8,10H,1-3,5-6,9H2. The van der Waals surface area contributed by atoms with E-state index in [9.17, 15) is 9.00 Å². The fraction of sp³-hybridized carbons (Fsp3) is 0.583. The van der Waals surface area contributed by atoms with Gasteiger partial charge in [0, 0.05) is 5.92 Å². The molecule has 1 heterocycles. The zero-order valence-electron chi connectivity index (χ0n) is 9.19. The van der Waals surface area contributed by atoms with Crippen molar-refractivity contribution in [2.24, 2.45) is 5.92 Å². The van der Waals surface area contributed by atoms with Gasteiger partial charge in [-0.3, -0.25) is 9.00 Å². The van der Waals surface area contributed by atoms with Gasteiger partial charge in [-0.2, -0.15) is 0 Å². The van der Waals surface area contributed by atoms with Crippen LogP contribution < -0.4 is 0 Å². The van der Waals surface area contributed by atoms with Crippen LogP contribution in [0.15, 0.2) is 21.7 Å². The summed E-state index contributed by atoms with van der Waals surface area (Å²) in [4.78, 5) is 11.9. The zero-order valence-corrected chi connectivity index (χ0v) is 10.8. The molecule has 0 bridgehead atoms. The number of carbonyl (C=O) groups is 1. The topological polar surface area (TPSA) is 34.1 Å². The lowest BCUT2D eigenvalue weighted by molar-refractivity contribution is -0.121. The molecular weight excluding hydrogens is 240 g/mol. The van der Waals surface area contributed by atoms with E-state index in [1.165, 1.54) is 17.8 Å². The predicted molar refractivity (Wildman–Crippen MR) is 67.2 cm³/mol. The van der Waals surface area contributed by atoms with E-state index in [-0.39, 0.29) is 17.5 Å². The van der Waals surface area contributed by atoms with Crippen LogP contribution in [-0.4, -0.2) is 15.7 Å². The van der Waals surface area contributed by atoms with Gasteiger partial charge >= 0.3 is 0 Å². The molecular formula is C12H16O2S2. The third-order valence-electron chi connectivity index (χ3n) is 3.05. The number of thiophene rings is 1. The van der Waals surface area contributed by atoms with Crippen molar-refractivity contribution in [1.29, 1.82) is 0 Å². The van der Waals surface area contributed by atoms with Crippen molar-refractivity contribution in [2.45, 2.75) is 36.3 Å². The molecule has 0 saturated heterocycles. The summed E-state index contributed by atoms with van der Waals surface area (Å²) < 4.78 is 12.7. The lowest BCUT2D eigenvalue weighted by atomic mass is 9.87. The molecule has 1 fully saturated rings. The molecule has 0 aromatic carbocycles. The Morgan fingerprint density at radius 1 is 1.38 bits per heavy atom. The highest BCUT2D eigenvalue weighted by Crippen LogP contribution is 2.25. The molecule has 2 nitrogen and oxygen atoms in total. The summed E-state index contributed by atoms with van der Waals surface area (Å²) in [5, 5.41) is 1.90. The van der Waals surface area contributed by atoms with E-state index < -0.39 is 10.8 Å². The average Bonchev–Trinajstić information content (AvgIpc) is 2.83. The number of ketones is 1. The zero-order chi connectivity index (χ0) is 11.4. The summed E-state index contributed by atoms with van der Waals surface area (Å²) in [5.74, 6) is 0.592. The maximum absolute atomic E-state index is 11.9. The minimum atomic E-state index is -1.12. The minimum Gasteiger partial charge on any atom is -0.298 e. The Hall–Kier alpha value is -0.480. The van der Waals surface area contributed by atoms with Crippen LogP contribution in [0.5, 0.6) is 0 Å².